The second kappa shape index (κ2) is 63.1. The molecule has 0 aromatic carbocycles. The number of allylic oxidation sites excluding steroid dienone is 14. The van der Waals surface area contributed by atoms with Crippen LogP contribution >= 0.6 is 0 Å². The molecule has 0 aliphatic carbocycles. The van der Waals surface area contributed by atoms with Crippen molar-refractivity contribution in [2.24, 2.45) is 0 Å². The lowest BCUT2D eigenvalue weighted by atomic mass is 10.0. The van der Waals surface area contributed by atoms with Gasteiger partial charge in [-0.1, -0.05) is 266 Å². The molecule has 0 fully saturated rings. The van der Waals surface area contributed by atoms with Gasteiger partial charge in [0.15, 0.2) is 6.10 Å². The summed E-state index contributed by atoms with van der Waals surface area (Å²) in [6.07, 6.45) is 83.1. The Balaban J connectivity index is 4.24. The molecule has 0 aliphatic rings. The van der Waals surface area contributed by atoms with Crippen LogP contribution in [0.4, 0.5) is 0 Å². The zero-order valence-electron chi connectivity index (χ0n) is 49.6. The molecule has 1 atom stereocenters. The monoisotopic (exact) mass is 1040 g/mol. The number of esters is 3. The Labute approximate surface area is 465 Å². The lowest BCUT2D eigenvalue weighted by molar-refractivity contribution is -0.167. The van der Waals surface area contributed by atoms with Crippen LogP contribution in [0.5, 0.6) is 0 Å². The van der Waals surface area contributed by atoms with Gasteiger partial charge in [0.25, 0.3) is 0 Å². The van der Waals surface area contributed by atoms with Gasteiger partial charge in [-0.05, 0) is 116 Å². The largest absolute Gasteiger partial charge is 0.462 e. The summed E-state index contributed by atoms with van der Waals surface area (Å²) in [4.78, 5) is 38.2. The number of carbonyl (C=O) groups excluding carboxylic acids is 3. The van der Waals surface area contributed by atoms with Crippen molar-refractivity contribution in [3.63, 3.8) is 0 Å². The van der Waals surface area contributed by atoms with Crippen LogP contribution in [0.25, 0.3) is 0 Å². The molecule has 0 N–H and O–H groups in total. The zero-order valence-corrected chi connectivity index (χ0v) is 49.6. The van der Waals surface area contributed by atoms with Crippen molar-refractivity contribution >= 4 is 17.9 Å². The van der Waals surface area contributed by atoms with E-state index in [4.69, 9.17) is 14.2 Å². The molecule has 0 aromatic rings. The van der Waals surface area contributed by atoms with Crippen LogP contribution in [-0.2, 0) is 28.6 Å². The normalized spacial score (nSPS) is 12.6. The maximum Gasteiger partial charge on any atom is 0.306 e. The third-order valence-electron chi connectivity index (χ3n) is 13.9. The smallest absolute Gasteiger partial charge is 0.306 e. The van der Waals surface area contributed by atoms with E-state index < -0.39 is 6.10 Å². The van der Waals surface area contributed by atoms with E-state index in [1.54, 1.807) is 0 Å². The van der Waals surface area contributed by atoms with Crippen molar-refractivity contribution in [3.05, 3.63) is 85.1 Å². The minimum absolute atomic E-state index is 0.0808. The van der Waals surface area contributed by atoms with E-state index in [0.29, 0.717) is 19.3 Å². The minimum atomic E-state index is -0.784. The van der Waals surface area contributed by atoms with Gasteiger partial charge < -0.3 is 14.2 Å². The molecule has 1 unspecified atom stereocenters. The molecular formula is C69H120O6. The number of carbonyl (C=O) groups is 3. The molecule has 0 amide bonds. The fourth-order valence-electron chi connectivity index (χ4n) is 9.05. The van der Waals surface area contributed by atoms with Crippen molar-refractivity contribution in [2.75, 3.05) is 13.2 Å². The number of hydrogen-bond donors (Lipinski definition) is 0. The summed E-state index contributed by atoms with van der Waals surface area (Å²) in [5.41, 5.74) is 0. The second-order valence-electron chi connectivity index (χ2n) is 21.3. The highest BCUT2D eigenvalue weighted by Crippen LogP contribution is 2.16. The van der Waals surface area contributed by atoms with Crippen LogP contribution in [0.15, 0.2) is 85.1 Å². The van der Waals surface area contributed by atoms with Crippen LogP contribution in [0.1, 0.15) is 316 Å². The minimum Gasteiger partial charge on any atom is -0.462 e. The Morgan fingerprint density at radius 2 is 0.520 bits per heavy atom. The Morgan fingerprint density at radius 1 is 0.280 bits per heavy atom. The number of hydrogen-bond acceptors (Lipinski definition) is 6. The van der Waals surface area contributed by atoms with Gasteiger partial charge in [-0.15, -0.1) is 0 Å². The van der Waals surface area contributed by atoms with Gasteiger partial charge in [0.1, 0.15) is 13.2 Å². The van der Waals surface area contributed by atoms with E-state index in [1.165, 1.54) is 167 Å². The predicted octanol–water partition coefficient (Wildman–Crippen LogP) is 21.9. The molecule has 0 spiro atoms. The molecular weight excluding hydrogens is 925 g/mol. The van der Waals surface area contributed by atoms with Crippen molar-refractivity contribution in [1.82, 2.24) is 0 Å². The summed E-state index contributed by atoms with van der Waals surface area (Å²) in [5, 5.41) is 0. The summed E-state index contributed by atoms with van der Waals surface area (Å²) in [6.45, 7) is 6.52. The predicted molar refractivity (Wildman–Crippen MR) is 325 cm³/mol. The fraction of sp³-hybridized carbons (Fsp3) is 0.754. The lowest BCUT2D eigenvalue weighted by Crippen LogP contribution is -2.30. The second-order valence-corrected chi connectivity index (χ2v) is 21.3. The Bertz CT molecular complexity index is 1430. The van der Waals surface area contributed by atoms with Crippen molar-refractivity contribution < 1.29 is 28.6 Å². The SMILES string of the molecule is CC/C=C\C/C=C\C/C=C\C/C=C\C/C=C\CCCCCCCCCCCCCCCC(=O)OCC(COC(=O)CCCCCCC/C=C\CCCCCCC)OC(=O)CCCCCCC/C=C\CCCCCCC. The van der Waals surface area contributed by atoms with Crippen molar-refractivity contribution in [3.8, 4) is 0 Å². The van der Waals surface area contributed by atoms with E-state index >= 15 is 0 Å². The van der Waals surface area contributed by atoms with E-state index in [2.05, 4.69) is 106 Å². The zero-order chi connectivity index (χ0) is 54.3. The summed E-state index contributed by atoms with van der Waals surface area (Å²) in [6, 6.07) is 0. The highest BCUT2D eigenvalue weighted by molar-refractivity contribution is 5.71. The van der Waals surface area contributed by atoms with Gasteiger partial charge in [0.05, 0.1) is 0 Å². The van der Waals surface area contributed by atoms with Gasteiger partial charge in [-0.25, -0.2) is 0 Å². The number of ether oxygens (including phenoxy) is 3. The van der Waals surface area contributed by atoms with Gasteiger partial charge in [0, 0.05) is 19.3 Å². The van der Waals surface area contributed by atoms with Crippen molar-refractivity contribution in [2.45, 2.75) is 322 Å². The Hall–Kier alpha value is -3.41. The average Bonchev–Trinajstić information content (AvgIpc) is 3.41. The molecule has 0 saturated carbocycles. The highest BCUT2D eigenvalue weighted by Gasteiger charge is 2.19. The fourth-order valence-corrected chi connectivity index (χ4v) is 9.05. The van der Waals surface area contributed by atoms with Crippen LogP contribution in [0, 0.1) is 0 Å². The van der Waals surface area contributed by atoms with Gasteiger partial charge in [-0.3, -0.25) is 14.4 Å². The first kappa shape index (κ1) is 71.6. The van der Waals surface area contributed by atoms with Crippen molar-refractivity contribution in [1.29, 1.82) is 0 Å². The molecule has 0 aromatic heterocycles. The Morgan fingerprint density at radius 3 is 0.827 bits per heavy atom. The first-order valence-electron chi connectivity index (χ1n) is 32.1. The third kappa shape index (κ3) is 61.3. The maximum atomic E-state index is 12.9. The molecule has 0 aliphatic heterocycles. The van der Waals surface area contributed by atoms with Crippen LogP contribution < -0.4 is 0 Å². The molecule has 0 saturated heterocycles. The summed E-state index contributed by atoms with van der Waals surface area (Å²) >= 11 is 0. The molecule has 6 nitrogen and oxygen atoms in total. The van der Waals surface area contributed by atoms with E-state index in [1.807, 2.05) is 0 Å². The summed E-state index contributed by atoms with van der Waals surface area (Å²) < 4.78 is 16.9. The molecule has 0 radical (unpaired) electrons. The molecule has 432 valence electrons. The molecule has 6 heteroatoms. The van der Waals surface area contributed by atoms with Crippen LogP contribution in [-0.4, -0.2) is 37.2 Å². The maximum absolute atomic E-state index is 12.9. The van der Waals surface area contributed by atoms with Gasteiger partial charge in [0.2, 0.25) is 0 Å². The Kier molecular flexibility index (Phi) is 60.3. The molecule has 75 heavy (non-hydrogen) atoms. The van der Waals surface area contributed by atoms with E-state index in [9.17, 15) is 14.4 Å². The standard InChI is InChI=1S/C69H120O6/c1-4-7-10-13-16-19-22-25-28-29-30-31-32-33-34-35-36-37-38-39-40-41-42-45-47-50-53-56-59-62-68(71)74-65-66(75-69(72)63-60-57-54-51-48-44-27-24-21-18-15-12-9-6-3)64-73-67(70)61-58-55-52-49-46-43-26-23-20-17-14-11-8-5-2/h7,10,16,19,23-28,30-31,33-34,66H,4-6,8-9,11-15,17-18,20-22,29,32,35-65H2,1-3H3/b10-7-,19-16-,26-23-,27-24-,28-25-,31-30-,34-33-. The topological polar surface area (TPSA) is 78.9 Å². The number of unbranched alkanes of at least 4 members (excludes halogenated alkanes) is 33. The summed E-state index contributed by atoms with van der Waals surface area (Å²) in [7, 11) is 0. The third-order valence-corrected chi connectivity index (χ3v) is 13.9. The molecule has 0 bridgehead atoms. The molecule has 0 heterocycles. The van der Waals surface area contributed by atoms with E-state index in [0.717, 1.165) is 109 Å². The number of rotatable bonds is 58. The van der Waals surface area contributed by atoms with Crippen LogP contribution in [0.2, 0.25) is 0 Å². The first-order chi connectivity index (χ1) is 37.0. The van der Waals surface area contributed by atoms with Crippen LogP contribution in [0.3, 0.4) is 0 Å². The van der Waals surface area contributed by atoms with E-state index in [-0.39, 0.29) is 31.1 Å². The van der Waals surface area contributed by atoms with Gasteiger partial charge >= 0.3 is 17.9 Å². The quantitative estimate of drug-likeness (QED) is 0.0261. The summed E-state index contributed by atoms with van der Waals surface area (Å²) in [5.74, 6) is -0.888. The average molecular weight is 1050 g/mol. The molecule has 0 rings (SSSR count). The van der Waals surface area contributed by atoms with Gasteiger partial charge in [-0.2, -0.15) is 0 Å². The first-order valence-corrected chi connectivity index (χ1v) is 32.1. The highest BCUT2D eigenvalue weighted by atomic mass is 16.6. The lowest BCUT2D eigenvalue weighted by Gasteiger charge is -2.18.